The van der Waals surface area contributed by atoms with Crippen LogP contribution in [0.4, 0.5) is 5.69 Å². The summed E-state index contributed by atoms with van der Waals surface area (Å²) in [5.41, 5.74) is 1.05. The van der Waals surface area contributed by atoms with Crippen molar-refractivity contribution in [3.05, 3.63) is 81.9 Å². The van der Waals surface area contributed by atoms with Crippen molar-refractivity contribution < 1.29 is 27.1 Å². The summed E-state index contributed by atoms with van der Waals surface area (Å²) in [7, 11) is -3.87. The molecule has 2 aromatic carbocycles. The van der Waals surface area contributed by atoms with E-state index in [9.17, 15) is 23.3 Å². The zero-order valence-electron chi connectivity index (χ0n) is 17.0. The molecule has 0 aliphatic heterocycles. The van der Waals surface area contributed by atoms with E-state index in [2.05, 4.69) is 0 Å². The molecule has 2 aromatic rings. The summed E-state index contributed by atoms with van der Waals surface area (Å²) in [5.74, 6) is -0.813. The Morgan fingerprint density at radius 1 is 1.00 bits per heavy atom. The highest BCUT2D eigenvalue weighted by atomic mass is 32.2. The lowest BCUT2D eigenvalue weighted by atomic mass is 9.84. The molecule has 1 aliphatic carbocycles. The highest BCUT2D eigenvalue weighted by Crippen LogP contribution is 2.28. The second kappa shape index (κ2) is 9.84. The zero-order chi connectivity index (χ0) is 22.4. The highest BCUT2D eigenvalue weighted by molar-refractivity contribution is 7.86. The molecule has 0 radical (unpaired) electrons. The predicted octanol–water partition coefficient (Wildman–Crippen LogP) is 4.05. The molecule has 0 saturated heterocycles. The Labute approximate surface area is 180 Å². The largest absolute Gasteiger partial charge is 0.462 e. The molecule has 0 heterocycles. The molecule has 0 N–H and O–H groups in total. The van der Waals surface area contributed by atoms with Crippen LogP contribution in [0.5, 0.6) is 0 Å². The Balaban J connectivity index is 1.58. The highest BCUT2D eigenvalue weighted by Gasteiger charge is 2.27. The molecule has 0 aromatic heterocycles. The molecule has 3 rings (SSSR count). The number of allylic oxidation sites excluding steroid dienone is 2. The van der Waals surface area contributed by atoms with Gasteiger partial charge < -0.3 is 4.74 Å². The van der Waals surface area contributed by atoms with Crippen molar-refractivity contribution in [1.29, 1.82) is 0 Å². The molecule has 0 spiro atoms. The minimum atomic E-state index is -3.87. The van der Waals surface area contributed by atoms with Crippen molar-refractivity contribution in [3.63, 3.8) is 0 Å². The number of nitrogens with zero attached hydrogens (tertiary/aromatic N) is 1. The van der Waals surface area contributed by atoms with Crippen molar-refractivity contribution in [1.82, 2.24) is 0 Å². The maximum atomic E-state index is 12.4. The SMILES string of the molecule is Cc1ccc(S(=O)(=O)OC[C@@H]2CC=CC[C@@H]2COC(=O)c2ccc([N+](=O)[O-])cc2)cc1. The maximum absolute atomic E-state index is 12.4. The fraction of sp³-hybridized carbons (Fsp3) is 0.318. The molecule has 8 nitrogen and oxygen atoms in total. The summed E-state index contributed by atoms with van der Waals surface area (Å²) >= 11 is 0. The average Bonchev–Trinajstić information content (AvgIpc) is 2.77. The number of nitro groups is 1. The molecule has 0 bridgehead atoms. The third-order valence-corrected chi connectivity index (χ3v) is 6.50. The molecule has 9 heteroatoms. The number of non-ortho nitro benzene ring substituents is 1. The maximum Gasteiger partial charge on any atom is 0.338 e. The van der Waals surface area contributed by atoms with Crippen LogP contribution < -0.4 is 0 Å². The number of hydrogen-bond donors (Lipinski definition) is 0. The van der Waals surface area contributed by atoms with E-state index in [1.165, 1.54) is 36.4 Å². The molecule has 31 heavy (non-hydrogen) atoms. The fourth-order valence-corrected chi connectivity index (χ4v) is 4.23. The summed E-state index contributed by atoms with van der Waals surface area (Å²) in [6, 6.07) is 11.6. The van der Waals surface area contributed by atoms with Crippen molar-refractivity contribution >= 4 is 21.8 Å². The van der Waals surface area contributed by atoms with Crippen LogP contribution in [-0.2, 0) is 19.0 Å². The lowest BCUT2D eigenvalue weighted by Crippen LogP contribution is -2.28. The number of carbonyl (C=O) groups excluding carboxylic acids is 1. The van der Waals surface area contributed by atoms with Gasteiger partial charge in [0.15, 0.2) is 0 Å². The topological polar surface area (TPSA) is 113 Å². The van der Waals surface area contributed by atoms with Gasteiger partial charge in [-0.3, -0.25) is 14.3 Å². The number of aryl methyl sites for hydroxylation is 1. The van der Waals surface area contributed by atoms with E-state index in [0.717, 1.165) is 5.56 Å². The summed E-state index contributed by atoms with van der Waals surface area (Å²) < 4.78 is 35.6. The number of benzene rings is 2. The number of ether oxygens (including phenoxy) is 1. The average molecular weight is 445 g/mol. The number of carbonyl (C=O) groups is 1. The van der Waals surface area contributed by atoms with Crippen LogP contribution in [0.2, 0.25) is 0 Å². The Hall–Kier alpha value is -3.04. The van der Waals surface area contributed by atoms with Crippen molar-refractivity contribution in [3.8, 4) is 0 Å². The Morgan fingerprint density at radius 3 is 2.16 bits per heavy atom. The van der Waals surface area contributed by atoms with E-state index in [0.29, 0.717) is 12.8 Å². The Morgan fingerprint density at radius 2 is 1.58 bits per heavy atom. The van der Waals surface area contributed by atoms with E-state index in [4.69, 9.17) is 8.92 Å². The molecule has 2 atom stereocenters. The first-order valence-electron chi connectivity index (χ1n) is 9.79. The van der Waals surface area contributed by atoms with Crippen molar-refractivity contribution in [2.75, 3.05) is 13.2 Å². The van der Waals surface area contributed by atoms with Gasteiger partial charge in [-0.15, -0.1) is 0 Å². The summed E-state index contributed by atoms with van der Waals surface area (Å²) in [4.78, 5) is 22.5. The van der Waals surface area contributed by atoms with Gasteiger partial charge in [0, 0.05) is 18.1 Å². The molecule has 164 valence electrons. The van der Waals surface area contributed by atoms with Crippen LogP contribution >= 0.6 is 0 Å². The molecule has 0 fully saturated rings. The minimum absolute atomic E-state index is 0.0136. The molecule has 0 amide bonds. The van der Waals surface area contributed by atoms with Gasteiger partial charge >= 0.3 is 5.97 Å². The van der Waals surface area contributed by atoms with Gasteiger partial charge in [-0.1, -0.05) is 29.8 Å². The van der Waals surface area contributed by atoms with Crippen molar-refractivity contribution in [2.45, 2.75) is 24.7 Å². The first-order chi connectivity index (χ1) is 14.8. The molecule has 0 unspecified atom stereocenters. The molecular weight excluding hydrogens is 422 g/mol. The quantitative estimate of drug-likeness (QED) is 0.198. The van der Waals surface area contributed by atoms with Gasteiger partial charge in [0.2, 0.25) is 0 Å². The van der Waals surface area contributed by atoms with Crippen LogP contribution in [0.15, 0.2) is 65.6 Å². The first kappa shape index (κ1) is 22.6. The van der Waals surface area contributed by atoms with Crippen LogP contribution in [0.3, 0.4) is 0 Å². The van der Waals surface area contributed by atoms with Crippen LogP contribution in [0.1, 0.15) is 28.8 Å². The van der Waals surface area contributed by atoms with E-state index in [1.54, 1.807) is 12.1 Å². The number of esters is 1. The number of nitro benzene ring substituents is 1. The monoisotopic (exact) mass is 445 g/mol. The summed E-state index contributed by atoms with van der Waals surface area (Å²) in [6.45, 7) is 1.95. The number of hydrogen-bond acceptors (Lipinski definition) is 7. The van der Waals surface area contributed by atoms with E-state index in [1.807, 2.05) is 19.1 Å². The summed E-state index contributed by atoms with van der Waals surface area (Å²) in [6.07, 6.45) is 5.17. The first-order valence-corrected chi connectivity index (χ1v) is 11.2. The van der Waals surface area contributed by atoms with Crippen LogP contribution in [0.25, 0.3) is 0 Å². The second-order valence-electron chi connectivity index (χ2n) is 7.42. The minimum Gasteiger partial charge on any atom is -0.462 e. The smallest absolute Gasteiger partial charge is 0.338 e. The zero-order valence-corrected chi connectivity index (χ0v) is 17.8. The van der Waals surface area contributed by atoms with Crippen LogP contribution in [0, 0.1) is 28.9 Å². The van der Waals surface area contributed by atoms with Gasteiger partial charge in [0.1, 0.15) is 0 Å². The second-order valence-corrected chi connectivity index (χ2v) is 9.03. The van der Waals surface area contributed by atoms with Gasteiger partial charge in [0.25, 0.3) is 15.8 Å². The van der Waals surface area contributed by atoms with Gasteiger partial charge in [-0.2, -0.15) is 8.42 Å². The third kappa shape index (κ3) is 5.99. The normalized spacial score (nSPS) is 18.5. The molecule has 1 aliphatic rings. The van der Waals surface area contributed by atoms with Gasteiger partial charge in [-0.25, -0.2) is 4.79 Å². The number of rotatable bonds is 8. The van der Waals surface area contributed by atoms with E-state index >= 15 is 0 Å². The Kier molecular flexibility index (Phi) is 7.19. The third-order valence-electron chi connectivity index (χ3n) is 5.20. The van der Waals surface area contributed by atoms with Crippen LogP contribution in [-0.4, -0.2) is 32.5 Å². The molecule has 0 saturated carbocycles. The fourth-order valence-electron chi connectivity index (χ4n) is 3.27. The van der Waals surface area contributed by atoms with Crippen molar-refractivity contribution in [2.24, 2.45) is 11.8 Å². The predicted molar refractivity (Wildman–Crippen MR) is 113 cm³/mol. The van der Waals surface area contributed by atoms with E-state index in [-0.39, 0.29) is 41.2 Å². The lowest BCUT2D eigenvalue weighted by molar-refractivity contribution is -0.384. The summed E-state index contributed by atoms with van der Waals surface area (Å²) in [5, 5.41) is 10.7. The standard InChI is InChI=1S/C22H23NO7S/c1-16-6-12-21(13-7-16)31(27,28)30-15-19-5-3-2-4-18(19)14-29-22(24)17-8-10-20(11-9-17)23(25)26/h2-3,6-13,18-19H,4-5,14-15H2,1H3/t18-,19+/m1/s1. The van der Waals surface area contributed by atoms with Gasteiger partial charge in [0.05, 0.1) is 28.6 Å². The lowest BCUT2D eigenvalue weighted by Gasteiger charge is -2.27. The Bertz CT molecular complexity index is 1060. The van der Waals surface area contributed by atoms with E-state index < -0.39 is 21.0 Å². The molecular formula is C22H23NO7S. The van der Waals surface area contributed by atoms with Gasteiger partial charge in [-0.05, 0) is 49.9 Å².